The normalized spacial score (nSPS) is 13.2. The van der Waals surface area contributed by atoms with Gasteiger partial charge in [-0.1, -0.05) is 43.3 Å². The first-order chi connectivity index (χ1) is 17.5. The van der Waals surface area contributed by atoms with Crippen LogP contribution in [0.3, 0.4) is 0 Å². The van der Waals surface area contributed by atoms with Crippen molar-refractivity contribution < 1.29 is 19.5 Å². The SMILES string of the molecule is CCc1ccc(-c2ccc(C(=O)NCCN(O)C(=O)Nc3ccc(N4CCOCC4)cc3)cc2)cc1. The quantitative estimate of drug-likeness (QED) is 0.323. The van der Waals surface area contributed by atoms with Crippen LogP contribution in [-0.4, -0.2) is 61.6 Å². The van der Waals surface area contributed by atoms with E-state index >= 15 is 0 Å². The van der Waals surface area contributed by atoms with E-state index in [1.165, 1.54) is 5.56 Å². The van der Waals surface area contributed by atoms with Gasteiger partial charge in [-0.3, -0.25) is 10.0 Å². The fourth-order valence-electron chi connectivity index (χ4n) is 3.99. The molecule has 0 saturated carbocycles. The Kier molecular flexibility index (Phi) is 8.54. The molecule has 0 bridgehead atoms. The van der Waals surface area contributed by atoms with Gasteiger partial charge in [-0.05, 0) is 59.5 Å². The standard InChI is InChI=1S/C28H32N4O4/c1-2-21-3-5-22(6-4-21)23-7-9-24(10-8-23)27(33)29-15-16-32(35)28(34)30-25-11-13-26(14-12-25)31-17-19-36-20-18-31/h3-14,35H,2,15-20H2,1H3,(H,29,33)(H,30,34). The fraction of sp³-hybridized carbons (Fsp3) is 0.286. The number of carbonyl (C=O) groups excluding carboxylic acids is 2. The third-order valence-electron chi connectivity index (χ3n) is 6.18. The Hall–Kier alpha value is -3.88. The van der Waals surface area contributed by atoms with Gasteiger partial charge in [0.05, 0.1) is 19.8 Å². The second kappa shape index (κ2) is 12.2. The Morgan fingerprint density at radius 1 is 0.917 bits per heavy atom. The maximum absolute atomic E-state index is 12.5. The molecule has 36 heavy (non-hydrogen) atoms. The molecule has 8 heteroatoms. The summed E-state index contributed by atoms with van der Waals surface area (Å²) in [5.74, 6) is -0.268. The third kappa shape index (κ3) is 6.62. The maximum Gasteiger partial charge on any atom is 0.345 e. The van der Waals surface area contributed by atoms with Gasteiger partial charge >= 0.3 is 6.03 Å². The van der Waals surface area contributed by atoms with Crippen LogP contribution in [0.25, 0.3) is 11.1 Å². The molecule has 0 spiro atoms. The highest BCUT2D eigenvalue weighted by Crippen LogP contribution is 2.21. The predicted molar refractivity (Wildman–Crippen MR) is 141 cm³/mol. The van der Waals surface area contributed by atoms with E-state index in [9.17, 15) is 14.8 Å². The van der Waals surface area contributed by atoms with E-state index in [2.05, 4.69) is 46.7 Å². The van der Waals surface area contributed by atoms with E-state index < -0.39 is 6.03 Å². The Labute approximate surface area is 211 Å². The number of anilines is 2. The number of nitrogens with zero attached hydrogens (tertiary/aromatic N) is 2. The first kappa shape index (κ1) is 25.2. The van der Waals surface area contributed by atoms with Crippen LogP contribution in [0.4, 0.5) is 16.2 Å². The molecule has 0 aromatic heterocycles. The van der Waals surface area contributed by atoms with Crippen molar-refractivity contribution in [2.24, 2.45) is 0 Å². The largest absolute Gasteiger partial charge is 0.378 e. The molecule has 3 aromatic rings. The van der Waals surface area contributed by atoms with Crippen LogP contribution >= 0.6 is 0 Å². The van der Waals surface area contributed by atoms with Crippen LogP contribution in [0.5, 0.6) is 0 Å². The molecule has 0 aliphatic carbocycles. The zero-order valence-corrected chi connectivity index (χ0v) is 20.4. The van der Waals surface area contributed by atoms with Crippen LogP contribution in [0.2, 0.25) is 0 Å². The summed E-state index contributed by atoms with van der Waals surface area (Å²) in [4.78, 5) is 27.0. The number of nitrogens with one attached hydrogen (secondary N) is 2. The molecule has 3 N–H and O–H groups in total. The first-order valence-electron chi connectivity index (χ1n) is 12.2. The summed E-state index contributed by atoms with van der Waals surface area (Å²) in [5, 5.41) is 16.0. The molecule has 3 amide bonds. The van der Waals surface area contributed by atoms with Crippen LogP contribution < -0.4 is 15.5 Å². The molecule has 4 rings (SSSR count). The molecule has 0 unspecified atom stereocenters. The lowest BCUT2D eigenvalue weighted by molar-refractivity contribution is -0.0355. The van der Waals surface area contributed by atoms with Crippen LogP contribution in [0, 0.1) is 0 Å². The number of benzene rings is 3. The van der Waals surface area contributed by atoms with E-state index in [1.807, 2.05) is 24.3 Å². The number of rotatable bonds is 8. The number of urea groups is 1. The number of aryl methyl sites for hydroxylation is 1. The number of amides is 3. The lowest BCUT2D eigenvalue weighted by Crippen LogP contribution is -2.38. The molecule has 1 fully saturated rings. The summed E-state index contributed by atoms with van der Waals surface area (Å²) in [6.07, 6.45) is 0.995. The van der Waals surface area contributed by atoms with Crippen molar-refractivity contribution in [3.63, 3.8) is 0 Å². The topological polar surface area (TPSA) is 94.1 Å². The molecule has 188 valence electrons. The number of carbonyl (C=O) groups is 2. The van der Waals surface area contributed by atoms with Gasteiger partial charge in [-0.15, -0.1) is 0 Å². The second-order valence-corrected chi connectivity index (χ2v) is 8.58. The first-order valence-corrected chi connectivity index (χ1v) is 12.2. The number of morpholine rings is 1. The second-order valence-electron chi connectivity index (χ2n) is 8.58. The summed E-state index contributed by atoms with van der Waals surface area (Å²) in [7, 11) is 0. The monoisotopic (exact) mass is 488 g/mol. The molecule has 1 aliphatic heterocycles. The van der Waals surface area contributed by atoms with Gasteiger partial charge in [0.1, 0.15) is 0 Å². The lowest BCUT2D eigenvalue weighted by Gasteiger charge is -2.29. The average Bonchev–Trinajstić information content (AvgIpc) is 2.94. The van der Waals surface area contributed by atoms with Crippen molar-refractivity contribution in [2.45, 2.75) is 13.3 Å². The molecule has 1 saturated heterocycles. The van der Waals surface area contributed by atoms with Crippen LogP contribution in [0.1, 0.15) is 22.8 Å². The zero-order valence-electron chi connectivity index (χ0n) is 20.4. The van der Waals surface area contributed by atoms with E-state index in [-0.39, 0.29) is 19.0 Å². The van der Waals surface area contributed by atoms with Crippen molar-refractivity contribution in [2.75, 3.05) is 49.6 Å². The highest BCUT2D eigenvalue weighted by molar-refractivity contribution is 5.94. The number of hydroxylamine groups is 2. The van der Waals surface area contributed by atoms with Gasteiger partial charge in [0.25, 0.3) is 5.91 Å². The molecule has 1 heterocycles. The molecule has 1 aliphatic rings. The number of hydrogen-bond acceptors (Lipinski definition) is 5. The van der Waals surface area contributed by atoms with Crippen molar-refractivity contribution >= 4 is 23.3 Å². The maximum atomic E-state index is 12.5. The summed E-state index contributed by atoms with van der Waals surface area (Å²) in [6.45, 7) is 5.25. The number of ether oxygens (including phenoxy) is 1. The minimum atomic E-state index is -0.665. The molecule has 8 nitrogen and oxygen atoms in total. The molecular weight excluding hydrogens is 456 g/mol. The average molecular weight is 489 g/mol. The Morgan fingerprint density at radius 2 is 1.53 bits per heavy atom. The van der Waals surface area contributed by atoms with Gasteiger partial charge in [0.15, 0.2) is 0 Å². The van der Waals surface area contributed by atoms with E-state index in [1.54, 1.807) is 24.3 Å². The summed E-state index contributed by atoms with van der Waals surface area (Å²) in [5.41, 5.74) is 5.55. The highest BCUT2D eigenvalue weighted by atomic mass is 16.5. The minimum absolute atomic E-state index is 0.0503. The van der Waals surface area contributed by atoms with Gasteiger partial charge in [0.2, 0.25) is 0 Å². The van der Waals surface area contributed by atoms with E-state index in [0.29, 0.717) is 29.5 Å². The van der Waals surface area contributed by atoms with E-state index in [4.69, 9.17) is 4.74 Å². The third-order valence-corrected chi connectivity index (χ3v) is 6.18. The highest BCUT2D eigenvalue weighted by Gasteiger charge is 2.14. The van der Waals surface area contributed by atoms with Gasteiger partial charge in [-0.2, -0.15) is 0 Å². The van der Waals surface area contributed by atoms with Crippen molar-refractivity contribution in [1.29, 1.82) is 0 Å². The summed E-state index contributed by atoms with van der Waals surface area (Å²) in [6, 6.07) is 22.5. The van der Waals surface area contributed by atoms with Gasteiger partial charge < -0.3 is 20.3 Å². The summed E-state index contributed by atoms with van der Waals surface area (Å²) < 4.78 is 5.37. The smallest absolute Gasteiger partial charge is 0.345 e. The Balaban J connectivity index is 1.21. The molecular formula is C28H32N4O4. The number of hydrogen-bond donors (Lipinski definition) is 3. The minimum Gasteiger partial charge on any atom is -0.378 e. The van der Waals surface area contributed by atoms with Gasteiger partial charge in [0, 0.05) is 36.6 Å². The van der Waals surface area contributed by atoms with Crippen molar-refractivity contribution in [3.05, 3.63) is 83.9 Å². The van der Waals surface area contributed by atoms with Crippen molar-refractivity contribution in [1.82, 2.24) is 10.4 Å². The molecule has 3 aromatic carbocycles. The zero-order chi connectivity index (χ0) is 25.3. The van der Waals surface area contributed by atoms with Crippen molar-refractivity contribution in [3.8, 4) is 11.1 Å². The molecule has 0 atom stereocenters. The fourth-order valence-corrected chi connectivity index (χ4v) is 3.99. The van der Waals surface area contributed by atoms with Gasteiger partial charge in [-0.25, -0.2) is 9.86 Å². The van der Waals surface area contributed by atoms with Crippen LogP contribution in [-0.2, 0) is 11.2 Å². The van der Waals surface area contributed by atoms with E-state index in [0.717, 1.165) is 36.3 Å². The van der Waals surface area contributed by atoms with Crippen LogP contribution in [0.15, 0.2) is 72.8 Å². The lowest BCUT2D eigenvalue weighted by atomic mass is 10.0. The Morgan fingerprint density at radius 3 is 2.14 bits per heavy atom. The Bertz CT molecular complexity index is 1140. The summed E-state index contributed by atoms with van der Waals surface area (Å²) >= 11 is 0. The predicted octanol–water partition coefficient (Wildman–Crippen LogP) is 4.41. The molecule has 0 radical (unpaired) electrons.